The zero-order valence-electron chi connectivity index (χ0n) is 17.5. The lowest BCUT2D eigenvalue weighted by molar-refractivity contribution is 0.0698. The molecule has 0 unspecified atom stereocenters. The molecule has 1 saturated heterocycles. The van der Waals surface area contributed by atoms with Gasteiger partial charge in [-0.05, 0) is 44.9 Å². The van der Waals surface area contributed by atoms with Gasteiger partial charge in [0.15, 0.2) is 5.82 Å². The molecule has 0 bridgehead atoms. The maximum absolute atomic E-state index is 12.5. The zero-order valence-corrected chi connectivity index (χ0v) is 17.5. The Morgan fingerprint density at radius 2 is 1.94 bits per heavy atom. The highest BCUT2D eigenvalue weighted by molar-refractivity contribution is 5.90. The van der Waals surface area contributed by atoms with Crippen molar-refractivity contribution >= 4 is 16.8 Å². The Morgan fingerprint density at radius 1 is 1.16 bits per heavy atom. The van der Waals surface area contributed by atoms with E-state index in [4.69, 9.17) is 4.52 Å². The van der Waals surface area contributed by atoms with Crippen molar-refractivity contribution in [3.05, 3.63) is 54.5 Å². The van der Waals surface area contributed by atoms with Crippen molar-refractivity contribution in [1.82, 2.24) is 34.8 Å². The van der Waals surface area contributed by atoms with Gasteiger partial charge < -0.3 is 9.42 Å². The summed E-state index contributed by atoms with van der Waals surface area (Å²) >= 11 is 0. The van der Waals surface area contributed by atoms with Gasteiger partial charge in [-0.1, -0.05) is 11.2 Å². The maximum Gasteiger partial charge on any atom is 0.291 e. The Morgan fingerprint density at radius 3 is 2.68 bits per heavy atom. The summed E-state index contributed by atoms with van der Waals surface area (Å²) in [7, 11) is 0. The number of aromatic nitrogens is 6. The van der Waals surface area contributed by atoms with Gasteiger partial charge in [0.2, 0.25) is 5.82 Å². The van der Waals surface area contributed by atoms with Crippen molar-refractivity contribution in [2.24, 2.45) is 0 Å². The molecule has 0 aliphatic carbocycles. The Hall–Kier alpha value is -3.62. The first-order valence-corrected chi connectivity index (χ1v) is 10.5. The number of hydrogen-bond acceptors (Lipinski definition) is 7. The van der Waals surface area contributed by atoms with Crippen molar-refractivity contribution in [3.63, 3.8) is 0 Å². The summed E-state index contributed by atoms with van der Waals surface area (Å²) in [4.78, 5) is 27.1. The molecule has 0 spiro atoms. The number of carbonyl (C=O) groups excluding carboxylic acids is 1. The fourth-order valence-electron chi connectivity index (χ4n) is 3.99. The quantitative estimate of drug-likeness (QED) is 0.501. The standard InChI is InChI=1S/C22H23N7O2/c1-14(2)29-18-12-16(4-5-17(18)13-25-29)21-26-19(27-31-21)15-6-10-28(11-7-15)22(30)20-23-8-3-9-24-20/h3-5,8-9,12-15H,6-7,10-11H2,1-2H3. The molecular formula is C22H23N7O2. The van der Waals surface area contributed by atoms with Gasteiger partial charge in [-0.15, -0.1) is 0 Å². The molecule has 1 aliphatic rings. The van der Waals surface area contributed by atoms with E-state index in [1.54, 1.807) is 23.4 Å². The average Bonchev–Trinajstić information content (AvgIpc) is 3.46. The predicted octanol–water partition coefficient (Wildman–Crippen LogP) is 3.48. The highest BCUT2D eigenvalue weighted by atomic mass is 16.5. The number of amides is 1. The summed E-state index contributed by atoms with van der Waals surface area (Å²) in [6.45, 7) is 5.44. The van der Waals surface area contributed by atoms with Crippen LogP contribution in [0.2, 0.25) is 0 Å². The molecule has 31 heavy (non-hydrogen) atoms. The number of carbonyl (C=O) groups is 1. The predicted molar refractivity (Wildman–Crippen MR) is 113 cm³/mol. The van der Waals surface area contributed by atoms with Gasteiger partial charge in [-0.2, -0.15) is 10.1 Å². The molecule has 0 radical (unpaired) electrons. The van der Waals surface area contributed by atoms with E-state index in [9.17, 15) is 4.79 Å². The molecule has 0 atom stereocenters. The Labute approximate surface area is 179 Å². The minimum absolute atomic E-state index is 0.136. The molecule has 1 aromatic carbocycles. The van der Waals surface area contributed by atoms with Crippen molar-refractivity contribution in [1.29, 1.82) is 0 Å². The van der Waals surface area contributed by atoms with E-state index in [2.05, 4.69) is 39.1 Å². The van der Waals surface area contributed by atoms with Gasteiger partial charge in [0.05, 0.1) is 11.7 Å². The van der Waals surface area contributed by atoms with Crippen LogP contribution in [0.3, 0.4) is 0 Å². The van der Waals surface area contributed by atoms with Crippen LogP contribution in [0.4, 0.5) is 0 Å². The summed E-state index contributed by atoms with van der Waals surface area (Å²) in [6.07, 6.45) is 6.58. The van der Waals surface area contributed by atoms with Crippen molar-refractivity contribution < 1.29 is 9.32 Å². The van der Waals surface area contributed by atoms with Gasteiger partial charge in [0.1, 0.15) is 0 Å². The third-order valence-corrected chi connectivity index (χ3v) is 5.68. The second kappa shape index (κ2) is 7.90. The van der Waals surface area contributed by atoms with E-state index < -0.39 is 0 Å². The second-order valence-electron chi connectivity index (χ2n) is 8.05. The largest absolute Gasteiger partial charge is 0.336 e. The molecule has 3 aromatic heterocycles. The van der Waals surface area contributed by atoms with Crippen LogP contribution < -0.4 is 0 Å². The van der Waals surface area contributed by atoms with Crippen molar-refractivity contribution in [2.75, 3.05) is 13.1 Å². The monoisotopic (exact) mass is 417 g/mol. The van der Waals surface area contributed by atoms with Gasteiger partial charge in [-0.25, -0.2) is 9.97 Å². The van der Waals surface area contributed by atoms with Crippen LogP contribution in [0.25, 0.3) is 22.4 Å². The first kappa shape index (κ1) is 19.3. The molecule has 1 fully saturated rings. The lowest BCUT2D eigenvalue weighted by atomic mass is 9.96. The smallest absolute Gasteiger partial charge is 0.291 e. The van der Waals surface area contributed by atoms with Crippen LogP contribution >= 0.6 is 0 Å². The third kappa shape index (κ3) is 3.67. The minimum Gasteiger partial charge on any atom is -0.336 e. The highest BCUT2D eigenvalue weighted by Crippen LogP contribution is 2.30. The summed E-state index contributed by atoms with van der Waals surface area (Å²) in [5.74, 6) is 1.45. The topological polar surface area (TPSA) is 103 Å². The van der Waals surface area contributed by atoms with Gasteiger partial charge in [0.25, 0.3) is 11.8 Å². The molecule has 1 amide bonds. The summed E-state index contributed by atoms with van der Waals surface area (Å²) in [5, 5.41) is 9.77. The van der Waals surface area contributed by atoms with Crippen molar-refractivity contribution in [2.45, 2.75) is 38.6 Å². The second-order valence-corrected chi connectivity index (χ2v) is 8.05. The molecule has 4 heterocycles. The number of piperidine rings is 1. The molecule has 9 nitrogen and oxygen atoms in total. The van der Waals surface area contributed by atoms with Crippen LogP contribution in [0.5, 0.6) is 0 Å². The Kier molecular flexibility index (Phi) is 4.93. The van der Waals surface area contributed by atoms with Crippen LogP contribution in [-0.4, -0.2) is 53.8 Å². The summed E-state index contributed by atoms with van der Waals surface area (Å²) in [6, 6.07) is 8.01. The number of fused-ring (bicyclic) bond motifs is 1. The van der Waals surface area contributed by atoms with E-state index >= 15 is 0 Å². The van der Waals surface area contributed by atoms with E-state index in [1.807, 2.05) is 29.1 Å². The third-order valence-electron chi connectivity index (χ3n) is 5.68. The first-order chi connectivity index (χ1) is 15.1. The first-order valence-electron chi connectivity index (χ1n) is 10.5. The molecule has 5 rings (SSSR count). The number of nitrogens with zero attached hydrogens (tertiary/aromatic N) is 7. The fraction of sp³-hybridized carbons (Fsp3) is 0.364. The molecule has 0 saturated carbocycles. The molecule has 158 valence electrons. The van der Waals surface area contributed by atoms with E-state index in [0.717, 1.165) is 29.3 Å². The van der Waals surface area contributed by atoms with Crippen molar-refractivity contribution in [3.8, 4) is 11.5 Å². The van der Waals surface area contributed by atoms with Gasteiger partial charge >= 0.3 is 0 Å². The molecule has 0 N–H and O–H groups in total. The van der Waals surface area contributed by atoms with Crippen LogP contribution in [0, 0.1) is 0 Å². The SMILES string of the molecule is CC(C)n1ncc2ccc(-c3nc(C4CCN(C(=O)c5ncccn5)CC4)no3)cc21. The lowest BCUT2D eigenvalue weighted by Crippen LogP contribution is -2.38. The average molecular weight is 417 g/mol. The number of hydrogen-bond donors (Lipinski definition) is 0. The Bertz CT molecular complexity index is 1210. The summed E-state index contributed by atoms with van der Waals surface area (Å²) < 4.78 is 7.57. The van der Waals surface area contributed by atoms with Crippen LogP contribution in [-0.2, 0) is 0 Å². The zero-order chi connectivity index (χ0) is 21.4. The molecule has 4 aromatic rings. The maximum atomic E-state index is 12.5. The molecule has 9 heteroatoms. The summed E-state index contributed by atoms with van der Waals surface area (Å²) in [5.41, 5.74) is 1.92. The number of benzene rings is 1. The van der Waals surface area contributed by atoms with E-state index in [1.165, 1.54) is 0 Å². The van der Waals surface area contributed by atoms with Crippen LogP contribution in [0.1, 0.15) is 55.1 Å². The normalized spacial score (nSPS) is 15.1. The Balaban J connectivity index is 1.30. The molecule has 1 aliphatic heterocycles. The van der Waals surface area contributed by atoms with Crippen LogP contribution in [0.15, 0.2) is 47.4 Å². The molecular weight excluding hydrogens is 394 g/mol. The van der Waals surface area contributed by atoms with Gasteiger partial charge in [-0.3, -0.25) is 9.48 Å². The van der Waals surface area contributed by atoms with Gasteiger partial charge in [0, 0.05) is 48.4 Å². The fourth-order valence-corrected chi connectivity index (χ4v) is 3.99. The lowest BCUT2D eigenvalue weighted by Gasteiger charge is -2.29. The highest BCUT2D eigenvalue weighted by Gasteiger charge is 2.28. The number of rotatable bonds is 4. The number of likely N-dealkylation sites (tertiary alicyclic amines) is 1. The van der Waals surface area contributed by atoms with E-state index in [0.29, 0.717) is 24.8 Å². The van der Waals surface area contributed by atoms with E-state index in [-0.39, 0.29) is 23.7 Å². The minimum atomic E-state index is -0.136.